The van der Waals surface area contributed by atoms with Gasteiger partial charge in [0.15, 0.2) is 0 Å². The molecule has 2 aromatic carbocycles. The third-order valence-electron chi connectivity index (χ3n) is 6.91. The average molecular weight is 523 g/mol. The Morgan fingerprint density at radius 3 is 2.54 bits per heavy atom. The standard InChI is InChI=1S/C30H38N2O4S/c1-5-6-7-8-9-20(3)29(37)13-10-19(2)22-12-11-21(16-26(22)33)36-27-14-15-32-25-18-28(35-4)24(30(31)34)17-23(25)27/h11-12,14-20,33H,5-10,13H2,1-4H3,(H2,31,34). The summed E-state index contributed by atoms with van der Waals surface area (Å²) in [4.78, 5) is 17.4. The number of carbonyl (C=O) groups is 1. The molecule has 7 heteroatoms. The number of fused-ring (bicyclic) bond motifs is 1. The molecule has 198 valence electrons. The Bertz CT molecular complexity index is 1240. The summed E-state index contributed by atoms with van der Waals surface area (Å²) in [6, 6.07) is 10.3. The first-order chi connectivity index (χ1) is 17.7. The third-order valence-corrected chi connectivity index (χ3v) is 7.52. The molecule has 37 heavy (non-hydrogen) atoms. The van der Waals surface area contributed by atoms with Crippen molar-refractivity contribution in [2.24, 2.45) is 11.7 Å². The van der Waals surface area contributed by atoms with Crippen molar-refractivity contribution in [3.8, 4) is 23.0 Å². The summed E-state index contributed by atoms with van der Waals surface area (Å²) < 4.78 is 11.4. The number of nitrogens with two attached hydrogens (primary N) is 1. The van der Waals surface area contributed by atoms with Crippen molar-refractivity contribution in [2.75, 3.05) is 7.11 Å². The highest BCUT2D eigenvalue weighted by Gasteiger charge is 2.17. The maximum absolute atomic E-state index is 11.9. The maximum Gasteiger partial charge on any atom is 0.252 e. The number of methoxy groups -OCH3 is 1. The smallest absolute Gasteiger partial charge is 0.252 e. The van der Waals surface area contributed by atoms with Gasteiger partial charge < -0.3 is 20.3 Å². The molecule has 0 spiro atoms. The number of hydrogen-bond acceptors (Lipinski definition) is 6. The van der Waals surface area contributed by atoms with Gasteiger partial charge in [-0.25, -0.2) is 0 Å². The quantitative estimate of drug-likeness (QED) is 0.166. The van der Waals surface area contributed by atoms with Gasteiger partial charge in [0, 0.05) is 23.7 Å². The summed E-state index contributed by atoms with van der Waals surface area (Å²) in [7, 11) is 1.47. The van der Waals surface area contributed by atoms with Crippen molar-refractivity contribution in [3.63, 3.8) is 0 Å². The topological polar surface area (TPSA) is 94.7 Å². The van der Waals surface area contributed by atoms with Gasteiger partial charge in [0.2, 0.25) is 0 Å². The first-order valence-corrected chi connectivity index (χ1v) is 13.5. The fraction of sp³-hybridized carbons (Fsp3) is 0.433. The molecule has 0 aliphatic heterocycles. The molecule has 3 N–H and O–H groups in total. The van der Waals surface area contributed by atoms with E-state index < -0.39 is 5.91 Å². The second-order valence-corrected chi connectivity index (χ2v) is 10.2. The summed E-state index contributed by atoms with van der Waals surface area (Å²) in [5.74, 6) is 1.52. The first kappa shape index (κ1) is 28.4. The summed E-state index contributed by atoms with van der Waals surface area (Å²) in [6.45, 7) is 6.57. The number of nitrogens with zero attached hydrogens (tertiary/aromatic N) is 1. The van der Waals surface area contributed by atoms with E-state index in [1.807, 2.05) is 12.1 Å². The molecule has 1 aromatic heterocycles. The molecule has 2 atom stereocenters. The number of rotatable bonds is 14. The van der Waals surface area contributed by atoms with Gasteiger partial charge in [0.1, 0.15) is 23.0 Å². The van der Waals surface area contributed by atoms with E-state index >= 15 is 0 Å². The number of benzene rings is 2. The lowest BCUT2D eigenvalue weighted by Gasteiger charge is -2.18. The lowest BCUT2D eigenvalue weighted by atomic mass is 9.90. The molecule has 0 aliphatic rings. The zero-order chi connectivity index (χ0) is 26.9. The van der Waals surface area contributed by atoms with Crippen LogP contribution < -0.4 is 15.2 Å². The van der Waals surface area contributed by atoms with Crippen LogP contribution in [0.3, 0.4) is 0 Å². The van der Waals surface area contributed by atoms with Gasteiger partial charge in [-0.15, -0.1) is 0 Å². The van der Waals surface area contributed by atoms with Crippen LogP contribution in [0.4, 0.5) is 0 Å². The lowest BCUT2D eigenvalue weighted by Crippen LogP contribution is -2.12. The van der Waals surface area contributed by atoms with Crippen LogP contribution in [0.1, 0.15) is 87.6 Å². The Morgan fingerprint density at radius 2 is 1.86 bits per heavy atom. The van der Waals surface area contributed by atoms with Crippen LogP contribution in [0, 0.1) is 5.92 Å². The molecule has 0 fully saturated rings. The number of thiocarbonyl (C=S) groups is 1. The van der Waals surface area contributed by atoms with Crippen molar-refractivity contribution < 1.29 is 19.4 Å². The fourth-order valence-corrected chi connectivity index (χ4v) is 4.76. The Balaban J connectivity index is 1.69. The molecule has 0 saturated carbocycles. The minimum absolute atomic E-state index is 0.159. The monoisotopic (exact) mass is 522 g/mol. The van der Waals surface area contributed by atoms with Crippen LogP contribution in [0.2, 0.25) is 0 Å². The number of unbranched alkanes of at least 4 members (excludes halogenated alkanes) is 3. The second-order valence-electron chi connectivity index (χ2n) is 9.72. The number of aromatic hydroxyl groups is 1. The molecule has 1 amide bonds. The Kier molecular flexibility index (Phi) is 10.3. The van der Waals surface area contributed by atoms with Gasteiger partial charge >= 0.3 is 0 Å². The number of carbonyl (C=O) groups excluding carboxylic acids is 1. The molecule has 0 radical (unpaired) electrons. The number of hydrogen-bond donors (Lipinski definition) is 2. The fourth-order valence-electron chi connectivity index (χ4n) is 4.53. The number of pyridine rings is 1. The van der Waals surface area contributed by atoms with Gasteiger partial charge in [-0.05, 0) is 59.7 Å². The number of amides is 1. The number of aromatic nitrogens is 1. The van der Waals surface area contributed by atoms with Gasteiger partial charge in [-0.3, -0.25) is 9.78 Å². The van der Waals surface area contributed by atoms with E-state index in [4.69, 9.17) is 27.4 Å². The zero-order valence-corrected chi connectivity index (χ0v) is 23.1. The zero-order valence-electron chi connectivity index (χ0n) is 22.3. The van der Waals surface area contributed by atoms with Crippen molar-refractivity contribution in [1.29, 1.82) is 0 Å². The second kappa shape index (κ2) is 13.4. The lowest BCUT2D eigenvalue weighted by molar-refractivity contribution is 0.0997. The Labute approximate surface area is 225 Å². The number of phenolic OH excluding ortho intramolecular Hbond substituents is 1. The van der Waals surface area contributed by atoms with Crippen LogP contribution in [-0.4, -0.2) is 28.0 Å². The molecule has 1 heterocycles. The van der Waals surface area contributed by atoms with E-state index in [-0.39, 0.29) is 17.2 Å². The molecule has 3 aromatic rings. The first-order valence-electron chi connectivity index (χ1n) is 13.0. The van der Waals surface area contributed by atoms with E-state index in [0.29, 0.717) is 34.1 Å². The summed E-state index contributed by atoms with van der Waals surface area (Å²) >= 11 is 5.70. The van der Waals surface area contributed by atoms with Crippen molar-refractivity contribution >= 4 is 33.9 Å². The van der Waals surface area contributed by atoms with E-state index in [1.165, 1.54) is 32.8 Å². The normalized spacial score (nSPS) is 12.8. The highest BCUT2D eigenvalue weighted by Crippen LogP contribution is 2.37. The SMILES string of the molecule is CCCCCCC(C)C(=S)CCC(C)c1ccc(Oc2ccnc3cc(OC)c(C(N)=O)cc23)cc1O. The highest BCUT2D eigenvalue weighted by atomic mass is 32.1. The Hall–Kier alpha value is -3.19. The third kappa shape index (κ3) is 7.41. The molecule has 3 rings (SSSR count). The predicted molar refractivity (Wildman–Crippen MR) is 153 cm³/mol. The number of ether oxygens (including phenoxy) is 2. The summed E-state index contributed by atoms with van der Waals surface area (Å²) in [6.07, 6.45) is 9.57. The van der Waals surface area contributed by atoms with E-state index in [1.54, 1.807) is 30.5 Å². The van der Waals surface area contributed by atoms with Gasteiger partial charge in [0.25, 0.3) is 5.91 Å². The molecule has 0 saturated heterocycles. The summed E-state index contributed by atoms with van der Waals surface area (Å²) in [5.41, 5.74) is 7.23. The van der Waals surface area contributed by atoms with E-state index in [0.717, 1.165) is 29.7 Å². The summed E-state index contributed by atoms with van der Waals surface area (Å²) in [5, 5.41) is 11.4. The Morgan fingerprint density at radius 1 is 1.08 bits per heavy atom. The van der Waals surface area contributed by atoms with Crippen molar-refractivity contribution in [3.05, 3.63) is 53.7 Å². The maximum atomic E-state index is 11.9. The largest absolute Gasteiger partial charge is 0.508 e. The van der Waals surface area contributed by atoms with E-state index in [2.05, 4.69) is 25.8 Å². The van der Waals surface area contributed by atoms with E-state index in [9.17, 15) is 9.90 Å². The molecule has 2 unspecified atom stereocenters. The average Bonchev–Trinajstić information content (AvgIpc) is 2.88. The predicted octanol–water partition coefficient (Wildman–Crippen LogP) is 7.70. The molecule has 0 bridgehead atoms. The van der Waals surface area contributed by atoms with Crippen molar-refractivity contribution in [1.82, 2.24) is 4.98 Å². The highest BCUT2D eigenvalue weighted by molar-refractivity contribution is 7.80. The van der Waals surface area contributed by atoms with Crippen LogP contribution in [0.15, 0.2) is 42.6 Å². The molecular weight excluding hydrogens is 484 g/mol. The van der Waals surface area contributed by atoms with Crippen LogP contribution in [0.5, 0.6) is 23.0 Å². The molecular formula is C30H38N2O4S. The van der Waals surface area contributed by atoms with Crippen molar-refractivity contribution in [2.45, 2.75) is 71.6 Å². The number of primary amides is 1. The molecule has 6 nitrogen and oxygen atoms in total. The molecule has 0 aliphatic carbocycles. The van der Waals surface area contributed by atoms with Gasteiger partial charge in [-0.2, -0.15) is 0 Å². The van der Waals surface area contributed by atoms with Crippen LogP contribution in [0.25, 0.3) is 10.9 Å². The minimum Gasteiger partial charge on any atom is -0.508 e. The van der Waals surface area contributed by atoms with Gasteiger partial charge in [0.05, 0.1) is 18.2 Å². The number of phenols is 1. The van der Waals surface area contributed by atoms with Crippen LogP contribution in [-0.2, 0) is 0 Å². The minimum atomic E-state index is -0.602. The van der Waals surface area contributed by atoms with Crippen LogP contribution >= 0.6 is 12.2 Å². The van der Waals surface area contributed by atoms with Gasteiger partial charge in [-0.1, -0.05) is 64.7 Å².